The minimum absolute atomic E-state index is 0.0377. The van der Waals surface area contributed by atoms with E-state index in [0.29, 0.717) is 5.82 Å². The lowest BCUT2D eigenvalue weighted by Gasteiger charge is -2.08. The SMILES string of the molecule is COc1nc(C)[nH]c(=O)c1C(=O)OCc1ccccc1. The van der Waals surface area contributed by atoms with E-state index in [9.17, 15) is 9.59 Å². The van der Waals surface area contributed by atoms with Crippen molar-refractivity contribution < 1.29 is 14.3 Å². The molecule has 1 aromatic carbocycles. The topological polar surface area (TPSA) is 81.3 Å². The Morgan fingerprint density at radius 3 is 2.65 bits per heavy atom. The summed E-state index contributed by atoms with van der Waals surface area (Å²) in [6, 6.07) is 9.18. The first-order valence-corrected chi connectivity index (χ1v) is 5.97. The molecule has 0 amide bonds. The second-order valence-electron chi connectivity index (χ2n) is 4.10. The number of hydrogen-bond donors (Lipinski definition) is 1. The predicted molar refractivity (Wildman–Crippen MR) is 71.7 cm³/mol. The Morgan fingerprint density at radius 1 is 1.30 bits per heavy atom. The average Bonchev–Trinajstić information content (AvgIpc) is 2.45. The van der Waals surface area contributed by atoms with Crippen LogP contribution in [0.3, 0.4) is 0 Å². The summed E-state index contributed by atoms with van der Waals surface area (Å²) in [6.45, 7) is 1.68. The van der Waals surface area contributed by atoms with Crippen LogP contribution in [0.2, 0.25) is 0 Å². The molecule has 0 spiro atoms. The van der Waals surface area contributed by atoms with E-state index in [-0.39, 0.29) is 18.1 Å². The number of ether oxygens (including phenoxy) is 2. The van der Waals surface area contributed by atoms with Crippen molar-refractivity contribution in [3.63, 3.8) is 0 Å². The molecule has 2 aromatic rings. The van der Waals surface area contributed by atoms with Crippen molar-refractivity contribution in [3.05, 3.63) is 57.6 Å². The zero-order valence-electron chi connectivity index (χ0n) is 11.2. The van der Waals surface area contributed by atoms with Crippen molar-refractivity contribution >= 4 is 5.97 Å². The van der Waals surface area contributed by atoms with Gasteiger partial charge in [0.25, 0.3) is 5.56 Å². The summed E-state index contributed by atoms with van der Waals surface area (Å²) in [5.74, 6) is -0.435. The van der Waals surface area contributed by atoms with Gasteiger partial charge in [-0.25, -0.2) is 4.79 Å². The molecule has 104 valence electrons. The molecule has 2 rings (SSSR count). The van der Waals surface area contributed by atoms with Crippen molar-refractivity contribution in [3.8, 4) is 5.88 Å². The van der Waals surface area contributed by atoms with Crippen molar-refractivity contribution in [2.75, 3.05) is 7.11 Å². The van der Waals surface area contributed by atoms with E-state index >= 15 is 0 Å². The number of rotatable bonds is 4. The molecule has 1 N–H and O–H groups in total. The lowest BCUT2D eigenvalue weighted by atomic mass is 10.2. The third-order valence-corrected chi connectivity index (χ3v) is 2.61. The summed E-state index contributed by atoms with van der Waals surface area (Å²) >= 11 is 0. The number of nitrogens with zero attached hydrogens (tertiary/aromatic N) is 1. The fourth-order valence-corrected chi connectivity index (χ4v) is 1.68. The number of nitrogens with one attached hydrogen (secondary N) is 1. The van der Waals surface area contributed by atoms with Gasteiger partial charge < -0.3 is 14.5 Å². The molecule has 0 saturated carbocycles. The van der Waals surface area contributed by atoms with Gasteiger partial charge in [0.05, 0.1) is 7.11 Å². The fraction of sp³-hybridized carbons (Fsp3) is 0.214. The molecule has 0 aliphatic rings. The number of benzene rings is 1. The summed E-state index contributed by atoms with van der Waals surface area (Å²) in [4.78, 5) is 30.2. The molecule has 0 bridgehead atoms. The maximum Gasteiger partial charge on any atom is 0.349 e. The van der Waals surface area contributed by atoms with Crippen LogP contribution in [0.4, 0.5) is 0 Å². The standard InChI is InChI=1S/C14H14N2O4/c1-9-15-12(17)11(13(16-9)19-2)14(18)20-8-10-6-4-3-5-7-10/h3-7H,8H2,1-2H3,(H,15,16,17). The monoisotopic (exact) mass is 274 g/mol. The van der Waals surface area contributed by atoms with Gasteiger partial charge in [-0.2, -0.15) is 4.98 Å². The highest BCUT2D eigenvalue weighted by atomic mass is 16.5. The number of hydrogen-bond acceptors (Lipinski definition) is 5. The molecule has 1 aromatic heterocycles. The highest BCUT2D eigenvalue weighted by molar-refractivity contribution is 5.91. The second-order valence-corrected chi connectivity index (χ2v) is 4.10. The summed E-state index contributed by atoms with van der Waals surface area (Å²) in [5.41, 5.74) is 0.0257. The third-order valence-electron chi connectivity index (χ3n) is 2.61. The van der Waals surface area contributed by atoms with E-state index in [1.807, 2.05) is 30.3 Å². The minimum Gasteiger partial charge on any atom is -0.480 e. The number of carbonyl (C=O) groups excluding carboxylic acids is 1. The summed E-state index contributed by atoms with van der Waals surface area (Å²) in [5, 5.41) is 0. The van der Waals surface area contributed by atoms with Crippen LogP contribution in [0.5, 0.6) is 5.88 Å². The number of aromatic amines is 1. The Morgan fingerprint density at radius 2 is 2.00 bits per heavy atom. The van der Waals surface area contributed by atoms with Crippen LogP contribution >= 0.6 is 0 Å². The molecule has 0 saturated heterocycles. The van der Waals surface area contributed by atoms with Gasteiger partial charge in [-0.05, 0) is 12.5 Å². The lowest BCUT2D eigenvalue weighted by molar-refractivity contribution is 0.0465. The van der Waals surface area contributed by atoms with Crippen LogP contribution in [-0.2, 0) is 11.3 Å². The van der Waals surface area contributed by atoms with Gasteiger partial charge >= 0.3 is 5.97 Å². The Balaban J connectivity index is 2.19. The highest BCUT2D eigenvalue weighted by Crippen LogP contribution is 2.12. The molecular formula is C14H14N2O4. The van der Waals surface area contributed by atoms with Crippen LogP contribution in [-0.4, -0.2) is 23.0 Å². The van der Waals surface area contributed by atoms with Crippen molar-refractivity contribution in [2.45, 2.75) is 13.5 Å². The third kappa shape index (κ3) is 3.03. The van der Waals surface area contributed by atoms with Crippen molar-refractivity contribution in [2.24, 2.45) is 0 Å². The predicted octanol–water partition coefficient (Wildman–Crippen LogP) is 1.44. The Labute approximate surface area is 115 Å². The van der Waals surface area contributed by atoms with E-state index in [2.05, 4.69) is 9.97 Å². The molecule has 0 aliphatic carbocycles. The van der Waals surface area contributed by atoms with Crippen LogP contribution in [0.1, 0.15) is 21.7 Å². The zero-order valence-corrected chi connectivity index (χ0v) is 11.2. The van der Waals surface area contributed by atoms with Gasteiger partial charge in [-0.3, -0.25) is 4.79 Å². The smallest absolute Gasteiger partial charge is 0.349 e. The normalized spacial score (nSPS) is 10.1. The largest absolute Gasteiger partial charge is 0.480 e. The molecule has 20 heavy (non-hydrogen) atoms. The molecular weight excluding hydrogens is 260 g/mol. The number of esters is 1. The maximum atomic E-state index is 12.0. The van der Waals surface area contributed by atoms with Gasteiger partial charge in [0, 0.05) is 0 Å². The first kappa shape index (κ1) is 13.8. The molecule has 0 atom stereocenters. The van der Waals surface area contributed by atoms with Gasteiger partial charge in [-0.1, -0.05) is 30.3 Å². The molecule has 6 nitrogen and oxygen atoms in total. The van der Waals surface area contributed by atoms with Gasteiger partial charge in [-0.15, -0.1) is 0 Å². The highest BCUT2D eigenvalue weighted by Gasteiger charge is 2.20. The Hall–Kier alpha value is -2.63. The van der Waals surface area contributed by atoms with E-state index in [1.54, 1.807) is 6.92 Å². The first-order chi connectivity index (χ1) is 9.61. The van der Waals surface area contributed by atoms with Gasteiger partial charge in [0.1, 0.15) is 12.4 Å². The quantitative estimate of drug-likeness (QED) is 0.853. The minimum atomic E-state index is -0.764. The van der Waals surface area contributed by atoms with Crippen LogP contribution < -0.4 is 10.3 Å². The van der Waals surface area contributed by atoms with Gasteiger partial charge in [0.2, 0.25) is 5.88 Å². The number of aryl methyl sites for hydroxylation is 1. The van der Waals surface area contributed by atoms with Crippen LogP contribution in [0.15, 0.2) is 35.1 Å². The summed E-state index contributed by atoms with van der Waals surface area (Å²) in [7, 11) is 1.34. The molecule has 0 unspecified atom stereocenters. The molecule has 6 heteroatoms. The van der Waals surface area contributed by atoms with E-state index in [1.165, 1.54) is 7.11 Å². The van der Waals surface area contributed by atoms with E-state index in [4.69, 9.17) is 9.47 Å². The van der Waals surface area contributed by atoms with Gasteiger partial charge in [0.15, 0.2) is 5.56 Å². The molecule has 0 radical (unpaired) electrons. The van der Waals surface area contributed by atoms with E-state index < -0.39 is 11.5 Å². The molecule has 0 aliphatic heterocycles. The lowest BCUT2D eigenvalue weighted by Crippen LogP contribution is -2.23. The molecule has 0 fully saturated rings. The van der Waals surface area contributed by atoms with E-state index in [0.717, 1.165) is 5.56 Å². The summed E-state index contributed by atoms with van der Waals surface area (Å²) < 4.78 is 10.0. The van der Waals surface area contributed by atoms with Crippen LogP contribution in [0, 0.1) is 6.92 Å². The summed E-state index contributed by atoms with van der Waals surface area (Å²) in [6.07, 6.45) is 0. The van der Waals surface area contributed by atoms with Crippen LogP contribution in [0.25, 0.3) is 0 Å². The second kappa shape index (κ2) is 6.01. The molecule has 1 heterocycles. The first-order valence-electron chi connectivity index (χ1n) is 5.97. The number of methoxy groups -OCH3 is 1. The average molecular weight is 274 g/mol. The van der Waals surface area contributed by atoms with Crippen molar-refractivity contribution in [1.82, 2.24) is 9.97 Å². The van der Waals surface area contributed by atoms with Crippen molar-refractivity contribution in [1.29, 1.82) is 0 Å². The fourth-order valence-electron chi connectivity index (χ4n) is 1.68. The number of carbonyl (C=O) groups is 1. The Bertz CT molecular complexity index is 665. The Kier molecular flexibility index (Phi) is 4.14. The number of H-pyrrole nitrogens is 1. The number of aromatic nitrogens is 2. The maximum absolute atomic E-state index is 12.0. The zero-order chi connectivity index (χ0) is 14.5.